The molecular formula is C26H18Cl6CoN4O4. The zero-order chi connectivity index (χ0) is 29.9. The van der Waals surface area contributed by atoms with Gasteiger partial charge in [-0.25, -0.2) is 0 Å². The number of carbonyl (C=O) groups is 2. The van der Waals surface area contributed by atoms with E-state index in [9.17, 15) is 19.8 Å². The van der Waals surface area contributed by atoms with Gasteiger partial charge in [0.15, 0.2) is 8.59 Å². The quantitative estimate of drug-likeness (QED) is 0.169. The summed E-state index contributed by atoms with van der Waals surface area (Å²) >= 11 is 28.8. The third-order valence-corrected chi connectivity index (χ3v) is 4.09. The van der Waals surface area contributed by atoms with E-state index in [0.717, 1.165) is 21.8 Å². The maximum absolute atomic E-state index is 10.0. The monoisotopic (exact) mass is 719 g/mol. The number of carbonyl (C=O) groups excluding carboxylic acids is 2. The molecule has 217 valence electrons. The third-order valence-electron chi connectivity index (χ3n) is 4.09. The first-order valence-electron chi connectivity index (χ1n) is 10.7. The van der Waals surface area contributed by atoms with Crippen molar-refractivity contribution >= 4 is 103 Å². The van der Waals surface area contributed by atoms with E-state index in [-0.39, 0.29) is 28.2 Å². The molecule has 0 bridgehead atoms. The number of rotatable bonds is 2. The van der Waals surface area contributed by atoms with Gasteiger partial charge < -0.3 is 19.8 Å². The van der Waals surface area contributed by atoms with E-state index in [1.54, 1.807) is 36.7 Å². The van der Waals surface area contributed by atoms with Crippen molar-refractivity contribution in [2.45, 2.75) is 8.59 Å². The average Bonchev–Trinajstić information content (AvgIpc) is 2.94. The molecule has 1 radical (unpaired) electrons. The van der Waals surface area contributed by atoms with Crippen LogP contribution in [-0.2, 0) is 16.8 Å². The van der Waals surface area contributed by atoms with Gasteiger partial charge in [0.1, 0.15) is 0 Å². The molecule has 0 N–H and O–H groups in total. The molecule has 0 fully saturated rings. The molecular weight excluding hydrogens is 704 g/mol. The summed E-state index contributed by atoms with van der Waals surface area (Å²) in [7, 11) is 0. The number of alkyl halides is 6. The second-order valence-electron chi connectivity index (χ2n) is 6.72. The van der Waals surface area contributed by atoms with Crippen molar-refractivity contribution in [2.24, 2.45) is 0 Å². The van der Waals surface area contributed by atoms with Crippen LogP contribution in [-0.4, -0.2) is 40.5 Å². The Morgan fingerprint density at radius 2 is 0.829 bits per heavy atom. The molecule has 0 saturated heterocycles. The number of nitrogens with zero attached hydrogens (tertiary/aromatic N) is 4. The van der Waals surface area contributed by atoms with Crippen LogP contribution >= 0.6 is 69.6 Å². The van der Waals surface area contributed by atoms with Gasteiger partial charge in [0.25, 0.3) is 0 Å². The molecule has 41 heavy (non-hydrogen) atoms. The second kappa shape index (κ2) is 22.2. The van der Waals surface area contributed by atoms with Crippen LogP contribution in [0.1, 0.15) is 21.0 Å². The van der Waals surface area contributed by atoms with Gasteiger partial charge in [0.2, 0.25) is 0 Å². The molecule has 8 nitrogen and oxygen atoms in total. The van der Waals surface area contributed by atoms with Crippen LogP contribution < -0.4 is 10.2 Å². The van der Waals surface area contributed by atoms with Crippen LogP contribution in [0.25, 0.3) is 21.8 Å². The first-order valence-corrected chi connectivity index (χ1v) is 13.3. The first-order chi connectivity index (χ1) is 19.0. The molecule has 0 atom stereocenters. The van der Waals surface area contributed by atoms with Crippen molar-refractivity contribution in [3.63, 3.8) is 0 Å². The van der Waals surface area contributed by atoms with Gasteiger partial charge in [-0.1, -0.05) is 106 Å². The minimum atomic E-state index is -1.24. The Labute approximate surface area is 275 Å². The van der Waals surface area contributed by atoms with Crippen molar-refractivity contribution in [3.8, 4) is 0 Å². The van der Waals surface area contributed by atoms with Crippen LogP contribution in [0.5, 0.6) is 0 Å². The summed E-state index contributed by atoms with van der Waals surface area (Å²) in [6.45, 7) is 0. The van der Waals surface area contributed by atoms with Crippen molar-refractivity contribution in [1.29, 1.82) is 0 Å². The Morgan fingerprint density at radius 1 is 0.512 bits per heavy atom. The normalized spacial score (nSPS) is 9.37. The molecule has 1 aromatic carbocycles. The topological polar surface area (TPSA) is 132 Å². The first kappa shape index (κ1) is 38.5. The Bertz CT molecular complexity index is 1340. The molecule has 0 saturated carbocycles. The summed E-state index contributed by atoms with van der Waals surface area (Å²) < 4.78 is -1.50. The number of aromatic nitrogens is 4. The molecule has 0 spiro atoms. The van der Waals surface area contributed by atoms with E-state index in [0.29, 0.717) is 0 Å². The van der Waals surface area contributed by atoms with Crippen LogP contribution in [0, 0.1) is 0 Å². The number of pyridine rings is 4. The molecule has 0 aliphatic carbocycles. The molecule has 15 heteroatoms. The van der Waals surface area contributed by atoms with E-state index in [2.05, 4.69) is 44.2 Å². The van der Waals surface area contributed by atoms with Crippen LogP contribution in [0.3, 0.4) is 0 Å². The number of hydrogen-bond acceptors (Lipinski definition) is 8. The van der Waals surface area contributed by atoms with Crippen LogP contribution in [0.4, 0.5) is 0 Å². The summed E-state index contributed by atoms with van der Waals surface area (Å²) in [5.41, 5.74) is 1.89. The summed E-state index contributed by atoms with van der Waals surface area (Å²) in [6.07, 6.45) is 6.42. The third kappa shape index (κ3) is 17.2. The van der Waals surface area contributed by atoms with Crippen molar-refractivity contribution < 1.29 is 36.6 Å². The van der Waals surface area contributed by atoms with Gasteiger partial charge in [-0.3, -0.25) is 19.9 Å². The zero-order valence-electron chi connectivity index (χ0n) is 20.4. The number of aromatic carboxylic acids is 2. The fourth-order valence-corrected chi connectivity index (χ4v) is 2.65. The van der Waals surface area contributed by atoms with Crippen LogP contribution in [0.2, 0.25) is 0 Å². The van der Waals surface area contributed by atoms with Crippen molar-refractivity contribution in [2.75, 3.05) is 0 Å². The maximum Gasteiger partial charge on any atom is 2.00 e. The van der Waals surface area contributed by atoms with E-state index in [1.807, 2.05) is 12.1 Å². The van der Waals surface area contributed by atoms with Crippen molar-refractivity contribution in [3.05, 3.63) is 109 Å². The number of hydrogen-bond donors (Lipinski definition) is 0. The van der Waals surface area contributed by atoms with E-state index in [4.69, 9.17) is 69.6 Å². The SMILES string of the molecule is ClC(Cl)Cl.ClC(Cl)Cl.O=C([O-])c1ccccn1.O=C([O-])c1ccccn1.[Co+2].c1cnc2c(c1)ccc1cccnc12. The summed E-state index contributed by atoms with van der Waals surface area (Å²) in [4.78, 5) is 35.8. The molecule has 0 aliphatic heterocycles. The fraction of sp³-hybridized carbons (Fsp3) is 0.0769. The number of halogens is 6. The summed E-state index contributed by atoms with van der Waals surface area (Å²) in [6, 6.07) is 21.4. The Morgan fingerprint density at radius 3 is 1.07 bits per heavy atom. The van der Waals surface area contributed by atoms with Gasteiger partial charge in [-0.05, 0) is 36.4 Å². The standard InChI is InChI=1S/C12H8N2.2C6H5NO2.2CHCl3.Co/c1-3-9-5-6-10-4-2-8-14-12(10)11(9)13-7-1;2*8-6(9)5-3-1-2-4-7-5;2*2-1(3)4;/h1-8H;2*1-4H,(H,8,9);2*1H;/q;;;;;+2/p-2. The van der Waals surface area contributed by atoms with E-state index >= 15 is 0 Å². The smallest absolute Gasteiger partial charge is 0.543 e. The van der Waals surface area contributed by atoms with Gasteiger partial charge in [0, 0.05) is 35.6 Å². The number of carboxylic acid groups (broad SMARTS) is 2. The second-order valence-corrected chi connectivity index (χ2v) is 10.7. The Kier molecular flexibility index (Phi) is 20.8. The molecule has 0 unspecified atom stereocenters. The van der Waals surface area contributed by atoms with Crippen LogP contribution in [0.15, 0.2) is 97.6 Å². The summed E-state index contributed by atoms with van der Waals surface area (Å²) in [5, 5.41) is 22.3. The number of fused-ring (bicyclic) bond motifs is 3. The minimum Gasteiger partial charge on any atom is -0.543 e. The fourth-order valence-electron chi connectivity index (χ4n) is 2.65. The molecule has 4 aromatic heterocycles. The maximum atomic E-state index is 10.0. The van der Waals surface area contributed by atoms with Gasteiger partial charge >= 0.3 is 16.8 Å². The molecule has 0 amide bonds. The Balaban J connectivity index is 0.000000527. The van der Waals surface area contributed by atoms with E-state index in [1.165, 1.54) is 24.5 Å². The Hall–Kier alpha value is -2.47. The minimum absolute atomic E-state index is 0. The zero-order valence-corrected chi connectivity index (χ0v) is 26.0. The molecule has 5 rings (SSSR count). The average molecular weight is 722 g/mol. The molecule has 4 heterocycles. The van der Waals surface area contributed by atoms with Gasteiger partial charge in [-0.2, -0.15) is 0 Å². The molecule has 5 aromatic rings. The number of benzene rings is 1. The van der Waals surface area contributed by atoms with Crippen molar-refractivity contribution in [1.82, 2.24) is 19.9 Å². The van der Waals surface area contributed by atoms with E-state index < -0.39 is 20.5 Å². The molecule has 0 aliphatic rings. The summed E-state index contributed by atoms with van der Waals surface area (Å²) in [5.74, 6) is -2.48. The predicted molar refractivity (Wildman–Crippen MR) is 157 cm³/mol. The predicted octanol–water partition coefficient (Wildman–Crippen LogP) is 5.64. The largest absolute Gasteiger partial charge is 2.00 e. The van der Waals surface area contributed by atoms with Gasteiger partial charge in [-0.15, -0.1) is 0 Å². The van der Waals surface area contributed by atoms with Gasteiger partial charge in [0.05, 0.1) is 34.4 Å². The number of carboxylic acids is 2.